The molecular weight excluding hydrogens is 470 g/mol. The van der Waals surface area contributed by atoms with Crippen LogP contribution in [0.4, 0.5) is 0 Å². The molecule has 1 aliphatic rings. The van der Waals surface area contributed by atoms with Gasteiger partial charge in [-0.25, -0.2) is 0 Å². The van der Waals surface area contributed by atoms with Crippen molar-refractivity contribution >= 4 is 17.4 Å². The molecule has 192 valence electrons. The predicted molar refractivity (Wildman–Crippen MR) is 141 cm³/mol. The summed E-state index contributed by atoms with van der Waals surface area (Å²) >= 11 is 0. The number of ether oxygens (including phenoxy) is 3. The van der Waals surface area contributed by atoms with Crippen molar-refractivity contribution in [2.45, 2.75) is 39.5 Å². The maximum absolute atomic E-state index is 13.3. The van der Waals surface area contributed by atoms with Crippen molar-refractivity contribution in [3.63, 3.8) is 0 Å². The Labute approximate surface area is 216 Å². The summed E-state index contributed by atoms with van der Waals surface area (Å²) < 4.78 is 16.6. The van der Waals surface area contributed by atoms with Crippen LogP contribution in [-0.4, -0.2) is 41.5 Å². The number of hydrogen-bond acceptors (Lipinski definition) is 6. The molecule has 37 heavy (non-hydrogen) atoms. The van der Waals surface area contributed by atoms with Crippen molar-refractivity contribution in [2.75, 3.05) is 13.7 Å². The van der Waals surface area contributed by atoms with E-state index in [-0.39, 0.29) is 24.0 Å². The van der Waals surface area contributed by atoms with Crippen LogP contribution in [0.2, 0.25) is 0 Å². The van der Waals surface area contributed by atoms with Crippen LogP contribution in [0.25, 0.3) is 5.76 Å². The van der Waals surface area contributed by atoms with Gasteiger partial charge in [-0.15, -0.1) is 0 Å². The Kier molecular flexibility index (Phi) is 7.82. The molecule has 1 saturated heterocycles. The molecule has 1 aliphatic heterocycles. The van der Waals surface area contributed by atoms with E-state index in [1.165, 1.54) is 4.90 Å². The van der Waals surface area contributed by atoms with Crippen LogP contribution in [0.15, 0.2) is 78.4 Å². The minimum absolute atomic E-state index is 0.0304. The van der Waals surface area contributed by atoms with Crippen molar-refractivity contribution in [3.05, 3.63) is 95.1 Å². The maximum atomic E-state index is 13.3. The molecule has 7 nitrogen and oxygen atoms in total. The monoisotopic (exact) mass is 501 g/mol. The van der Waals surface area contributed by atoms with E-state index in [0.29, 0.717) is 29.2 Å². The van der Waals surface area contributed by atoms with Gasteiger partial charge in [0.25, 0.3) is 11.7 Å². The SMILES string of the molecule is CCOc1ccc(CN2C(=O)C(=O)/C(=C(\O)c3cccc(OC(C)C)c3)C2c2ccc(OC)cc2)cc1. The number of nitrogens with zero attached hydrogens (tertiary/aromatic N) is 1. The van der Waals surface area contributed by atoms with Crippen LogP contribution in [-0.2, 0) is 16.1 Å². The molecule has 4 rings (SSSR count). The minimum atomic E-state index is -0.785. The molecule has 1 amide bonds. The number of aliphatic hydroxyl groups is 1. The molecule has 0 aliphatic carbocycles. The summed E-state index contributed by atoms with van der Waals surface area (Å²) in [6.45, 7) is 6.45. The largest absolute Gasteiger partial charge is 0.507 e. The Morgan fingerprint density at radius 2 is 1.62 bits per heavy atom. The van der Waals surface area contributed by atoms with Gasteiger partial charge in [0, 0.05) is 12.1 Å². The quantitative estimate of drug-likeness (QED) is 0.237. The van der Waals surface area contributed by atoms with E-state index in [0.717, 1.165) is 11.3 Å². The summed E-state index contributed by atoms with van der Waals surface area (Å²) in [5, 5.41) is 11.4. The van der Waals surface area contributed by atoms with Crippen LogP contribution in [0, 0.1) is 0 Å². The molecule has 0 bridgehead atoms. The van der Waals surface area contributed by atoms with E-state index in [2.05, 4.69) is 0 Å². The average molecular weight is 502 g/mol. The molecule has 3 aromatic carbocycles. The molecule has 7 heteroatoms. The third kappa shape index (κ3) is 5.61. The number of aliphatic hydroxyl groups excluding tert-OH is 1. The molecular formula is C30H31NO6. The van der Waals surface area contributed by atoms with Crippen molar-refractivity contribution < 1.29 is 28.9 Å². The number of Topliss-reactive ketones (excluding diaryl/α,β-unsaturated/α-hetero) is 1. The van der Waals surface area contributed by atoms with Gasteiger partial charge in [0.05, 0.1) is 31.4 Å². The van der Waals surface area contributed by atoms with E-state index < -0.39 is 17.7 Å². The number of rotatable bonds is 9. The highest BCUT2D eigenvalue weighted by Gasteiger charge is 2.46. The lowest BCUT2D eigenvalue weighted by atomic mass is 9.95. The number of likely N-dealkylation sites (tertiary alicyclic amines) is 1. The van der Waals surface area contributed by atoms with Gasteiger partial charge in [0.1, 0.15) is 23.0 Å². The topological polar surface area (TPSA) is 85.3 Å². The van der Waals surface area contributed by atoms with Gasteiger partial charge in [-0.05, 0) is 68.3 Å². The molecule has 0 radical (unpaired) electrons. The second-order valence-electron chi connectivity index (χ2n) is 8.97. The molecule has 0 saturated carbocycles. The predicted octanol–water partition coefficient (Wildman–Crippen LogP) is 5.50. The molecule has 1 fully saturated rings. The molecule has 1 unspecified atom stereocenters. The first-order valence-electron chi connectivity index (χ1n) is 12.2. The molecule has 3 aromatic rings. The summed E-state index contributed by atoms with van der Waals surface area (Å²) in [7, 11) is 1.57. The van der Waals surface area contributed by atoms with Gasteiger partial charge < -0.3 is 24.2 Å². The van der Waals surface area contributed by atoms with Crippen LogP contribution in [0.3, 0.4) is 0 Å². The van der Waals surface area contributed by atoms with E-state index in [4.69, 9.17) is 14.2 Å². The summed E-state index contributed by atoms with van der Waals surface area (Å²) in [5.41, 5.74) is 1.94. The maximum Gasteiger partial charge on any atom is 0.295 e. The summed E-state index contributed by atoms with van der Waals surface area (Å²) in [6, 6.07) is 20.6. The molecule has 1 atom stereocenters. The van der Waals surface area contributed by atoms with Crippen molar-refractivity contribution in [1.29, 1.82) is 0 Å². The van der Waals surface area contributed by atoms with Gasteiger partial charge in [0.15, 0.2) is 0 Å². The fourth-order valence-electron chi connectivity index (χ4n) is 4.37. The first-order valence-corrected chi connectivity index (χ1v) is 12.2. The zero-order valence-electron chi connectivity index (χ0n) is 21.4. The van der Waals surface area contributed by atoms with Crippen molar-refractivity contribution in [3.8, 4) is 17.2 Å². The standard InChI is InChI=1S/C30H31NO6/c1-5-36-24-13-9-20(10-14-24)18-31-27(21-11-15-23(35-4)16-12-21)26(29(33)30(31)34)28(32)22-7-6-8-25(17-22)37-19(2)3/h6-17,19,27,32H,5,18H2,1-4H3/b28-26-. The first kappa shape index (κ1) is 25.8. The van der Waals surface area contributed by atoms with Crippen LogP contribution >= 0.6 is 0 Å². The molecule has 1 heterocycles. The zero-order valence-corrected chi connectivity index (χ0v) is 21.4. The van der Waals surface area contributed by atoms with Crippen LogP contribution in [0.1, 0.15) is 43.5 Å². The Morgan fingerprint density at radius 3 is 2.24 bits per heavy atom. The second-order valence-corrected chi connectivity index (χ2v) is 8.97. The minimum Gasteiger partial charge on any atom is -0.507 e. The first-order chi connectivity index (χ1) is 17.8. The summed E-state index contributed by atoms with van der Waals surface area (Å²) in [5.74, 6) is 0.269. The normalized spacial score (nSPS) is 16.8. The van der Waals surface area contributed by atoms with Gasteiger partial charge in [-0.2, -0.15) is 0 Å². The van der Waals surface area contributed by atoms with Gasteiger partial charge in [-0.3, -0.25) is 9.59 Å². The molecule has 1 N–H and O–H groups in total. The Hall–Kier alpha value is -4.26. The highest BCUT2D eigenvalue weighted by atomic mass is 16.5. The van der Waals surface area contributed by atoms with E-state index in [1.54, 1.807) is 55.6 Å². The summed E-state index contributed by atoms with van der Waals surface area (Å²) in [4.78, 5) is 28.1. The third-order valence-electron chi connectivity index (χ3n) is 6.04. The number of benzene rings is 3. The number of amides is 1. The summed E-state index contributed by atoms with van der Waals surface area (Å²) in [6.07, 6.45) is -0.0589. The number of hydrogen-bond donors (Lipinski definition) is 1. The van der Waals surface area contributed by atoms with E-state index in [9.17, 15) is 14.7 Å². The van der Waals surface area contributed by atoms with Gasteiger partial charge >= 0.3 is 0 Å². The smallest absolute Gasteiger partial charge is 0.295 e. The lowest BCUT2D eigenvalue weighted by molar-refractivity contribution is -0.140. The van der Waals surface area contributed by atoms with Gasteiger partial charge in [-0.1, -0.05) is 36.4 Å². The van der Waals surface area contributed by atoms with Crippen LogP contribution in [0.5, 0.6) is 17.2 Å². The highest BCUT2D eigenvalue weighted by molar-refractivity contribution is 6.46. The Bertz CT molecular complexity index is 1290. The van der Waals surface area contributed by atoms with Crippen molar-refractivity contribution in [1.82, 2.24) is 4.90 Å². The van der Waals surface area contributed by atoms with Crippen molar-refractivity contribution in [2.24, 2.45) is 0 Å². The molecule has 0 aromatic heterocycles. The Balaban J connectivity index is 1.79. The highest BCUT2D eigenvalue weighted by Crippen LogP contribution is 2.41. The van der Waals surface area contributed by atoms with Crippen LogP contribution < -0.4 is 14.2 Å². The lowest BCUT2D eigenvalue weighted by Gasteiger charge is -2.25. The second kappa shape index (κ2) is 11.2. The third-order valence-corrected chi connectivity index (χ3v) is 6.04. The lowest BCUT2D eigenvalue weighted by Crippen LogP contribution is -2.29. The average Bonchev–Trinajstić information content (AvgIpc) is 3.14. The fraction of sp³-hybridized carbons (Fsp3) is 0.267. The Morgan fingerprint density at radius 1 is 0.946 bits per heavy atom. The number of carbonyl (C=O) groups is 2. The number of ketones is 1. The zero-order chi connectivity index (χ0) is 26.5. The number of carbonyl (C=O) groups excluding carboxylic acids is 2. The number of methoxy groups -OCH3 is 1. The molecule has 0 spiro atoms. The van der Waals surface area contributed by atoms with E-state index >= 15 is 0 Å². The fourth-order valence-corrected chi connectivity index (χ4v) is 4.37. The van der Waals surface area contributed by atoms with Gasteiger partial charge in [0.2, 0.25) is 0 Å². The van der Waals surface area contributed by atoms with E-state index in [1.807, 2.05) is 45.0 Å².